The molecule has 3 heterocycles. The quantitative estimate of drug-likeness (QED) is 0.0886. The van der Waals surface area contributed by atoms with Gasteiger partial charge < -0.3 is 45.8 Å². The third kappa shape index (κ3) is 4.90. The Morgan fingerprint density at radius 3 is 2.35 bits per heavy atom. The first-order valence-corrected chi connectivity index (χ1v) is 12.7. The van der Waals surface area contributed by atoms with E-state index in [1.54, 1.807) is 12.1 Å². The zero-order chi connectivity index (χ0) is 31.8. The molecule has 3 aliphatic rings. The van der Waals surface area contributed by atoms with Crippen molar-refractivity contribution < 1.29 is 59.3 Å². The molecule has 43 heavy (non-hydrogen) atoms. The summed E-state index contributed by atoms with van der Waals surface area (Å²) in [7, 11) is 10.8. The minimum absolute atomic E-state index is 0.0671. The van der Waals surface area contributed by atoms with Gasteiger partial charge in [-0.15, -0.1) is 0 Å². The van der Waals surface area contributed by atoms with Crippen molar-refractivity contribution in [3.63, 3.8) is 0 Å². The van der Waals surface area contributed by atoms with Crippen LogP contribution in [0.1, 0.15) is 39.9 Å². The highest BCUT2D eigenvalue weighted by Gasteiger charge is 2.70. The normalized spacial score (nSPS) is 25.8. The van der Waals surface area contributed by atoms with Gasteiger partial charge in [0.1, 0.15) is 21.5 Å². The first kappa shape index (κ1) is 31.0. The van der Waals surface area contributed by atoms with Crippen molar-refractivity contribution in [2.45, 2.75) is 61.4 Å². The van der Waals surface area contributed by atoms with Gasteiger partial charge in [-0.25, -0.2) is 4.39 Å². The van der Waals surface area contributed by atoms with Gasteiger partial charge in [-0.3, -0.25) is 24.6 Å². The summed E-state index contributed by atoms with van der Waals surface area (Å²) in [6.45, 7) is -1.25. The van der Waals surface area contributed by atoms with Gasteiger partial charge >= 0.3 is 11.9 Å². The summed E-state index contributed by atoms with van der Waals surface area (Å²) in [6, 6.07) is 8.05. The highest BCUT2D eigenvalue weighted by molar-refractivity contribution is 6.40. The highest BCUT2D eigenvalue weighted by Crippen LogP contribution is 2.42. The van der Waals surface area contributed by atoms with Crippen LogP contribution in [-0.4, -0.2) is 108 Å². The van der Waals surface area contributed by atoms with E-state index in [9.17, 15) is 50.1 Å². The molecule has 2 aromatic carbocycles. The van der Waals surface area contributed by atoms with Crippen molar-refractivity contribution in [2.24, 2.45) is 0 Å². The Morgan fingerprint density at radius 1 is 1.00 bits per heavy atom. The van der Waals surface area contributed by atoms with Crippen LogP contribution in [0.5, 0.6) is 0 Å². The molecule has 2 aromatic rings. The zero-order valence-corrected chi connectivity index (χ0v) is 22.2. The Kier molecular flexibility index (Phi) is 7.24. The van der Waals surface area contributed by atoms with Gasteiger partial charge in [0.25, 0.3) is 11.8 Å². The number of morpholine rings is 1. The molecule has 1 unspecified atom stereocenters. The number of hydrogen-bond donors (Lipinski definition) is 9. The zero-order valence-electron chi connectivity index (χ0n) is 22.2. The van der Waals surface area contributed by atoms with Crippen LogP contribution >= 0.6 is 0 Å². The molecule has 3 amide bonds. The predicted octanol–water partition coefficient (Wildman–Crippen LogP) is -3.74. The largest absolute Gasteiger partial charge is 0.381 e. The summed E-state index contributed by atoms with van der Waals surface area (Å²) >= 11 is 0. The second-order valence-corrected chi connectivity index (χ2v) is 10.6. The van der Waals surface area contributed by atoms with Crippen molar-refractivity contribution in [3.8, 4) is 0 Å². The number of imide groups is 1. The van der Waals surface area contributed by atoms with Crippen molar-refractivity contribution in [2.75, 3.05) is 5.32 Å². The maximum absolute atomic E-state index is 15.1. The lowest BCUT2D eigenvalue weighted by atomic mass is 9.61. The number of halogens is 1. The topological polar surface area (TPSA) is 233 Å². The second kappa shape index (κ2) is 10.0. The molecule has 224 valence electrons. The molecular weight excluding hydrogens is 573 g/mol. The third-order valence-corrected chi connectivity index (χ3v) is 7.68. The van der Waals surface area contributed by atoms with Crippen LogP contribution in [0, 0.1) is 5.82 Å². The number of amides is 3. The number of carbonyl (C=O) groups is 3. The summed E-state index contributed by atoms with van der Waals surface area (Å²) < 4.78 is 19.4. The Morgan fingerprint density at radius 2 is 1.70 bits per heavy atom. The minimum Gasteiger partial charge on any atom is -0.381 e. The van der Waals surface area contributed by atoms with Gasteiger partial charge in [0.15, 0.2) is 0 Å². The number of anilines is 1. The van der Waals surface area contributed by atoms with Crippen molar-refractivity contribution >= 4 is 39.1 Å². The summed E-state index contributed by atoms with van der Waals surface area (Å²) in [6.07, 6.45) is -0.442. The number of hydrogen-bond acceptors (Lipinski definition) is 13. The van der Waals surface area contributed by atoms with Gasteiger partial charge in [0, 0.05) is 48.3 Å². The molecule has 0 aromatic heterocycles. The molecule has 0 aliphatic carbocycles. The average molecular weight is 598 g/mol. The van der Waals surface area contributed by atoms with E-state index in [4.69, 9.17) is 15.7 Å². The number of carbonyl (C=O) groups excluding carboxylic acids is 3. The van der Waals surface area contributed by atoms with Gasteiger partial charge in [0.05, 0.1) is 11.9 Å². The van der Waals surface area contributed by atoms with Gasteiger partial charge in [-0.2, -0.15) is 4.90 Å². The number of nitrogens with zero attached hydrogens (tertiary/aromatic N) is 2. The summed E-state index contributed by atoms with van der Waals surface area (Å²) in [5, 5.41) is 73.7. The number of ether oxygens (including phenoxy) is 1. The molecule has 1 atom stereocenters. The fourth-order valence-electron chi connectivity index (χ4n) is 5.15. The Bertz CT molecular complexity index is 1500. The van der Waals surface area contributed by atoms with E-state index in [-0.39, 0.29) is 47.5 Å². The maximum atomic E-state index is 15.1. The Labute approximate surface area is 244 Å². The lowest BCUT2D eigenvalue weighted by Gasteiger charge is -2.58. The fourth-order valence-corrected chi connectivity index (χ4v) is 5.15. The third-order valence-electron chi connectivity index (χ3n) is 7.68. The maximum Gasteiger partial charge on any atom is 0.351 e. The van der Waals surface area contributed by atoms with Gasteiger partial charge in [-0.05, 0) is 23.8 Å². The lowest BCUT2D eigenvalue weighted by molar-refractivity contribution is -0.581. The fraction of sp³-hybridized carbons (Fsp3) is 0.400. The summed E-state index contributed by atoms with van der Waals surface area (Å²) in [4.78, 5) is 37.8. The Hall–Kier alpha value is -3.45. The standard InChI is InChI=1S/C25H25B2FN4O11/c26-22(27)23(37,38)32(24(39,40)25(41,42)43-22)10-12-4-5-13(16(28)8-12)9-29-17-3-1-2-14-15(17)11-31(19(14)34)21(36)7-6-18(33)30-20(21)35/h1-5,8,29,36-42H,6-7,9-11H2,(H,30,33,35). The van der Waals surface area contributed by atoms with E-state index >= 15 is 4.39 Å². The van der Waals surface area contributed by atoms with Crippen molar-refractivity contribution in [1.82, 2.24) is 15.1 Å². The molecule has 9 N–H and O–H groups in total. The first-order valence-electron chi connectivity index (χ1n) is 12.7. The van der Waals surface area contributed by atoms with Crippen molar-refractivity contribution in [3.05, 3.63) is 64.5 Å². The van der Waals surface area contributed by atoms with E-state index in [0.717, 1.165) is 11.0 Å². The molecule has 0 bridgehead atoms. The molecule has 2 fully saturated rings. The van der Waals surface area contributed by atoms with E-state index < -0.39 is 59.0 Å². The van der Waals surface area contributed by atoms with Gasteiger partial charge in [-0.1, -0.05) is 18.2 Å². The van der Waals surface area contributed by atoms with Crippen LogP contribution in [0.4, 0.5) is 10.1 Å². The van der Waals surface area contributed by atoms with Crippen LogP contribution in [-0.2, 0) is 34.0 Å². The minimum atomic E-state index is -3.89. The molecule has 5 rings (SSSR count). The van der Waals surface area contributed by atoms with Crippen LogP contribution in [0.25, 0.3) is 0 Å². The molecule has 3 aliphatic heterocycles. The monoisotopic (exact) mass is 598 g/mol. The Balaban J connectivity index is 1.33. The van der Waals surface area contributed by atoms with E-state index in [1.807, 2.05) is 5.32 Å². The van der Waals surface area contributed by atoms with Crippen LogP contribution in [0.3, 0.4) is 0 Å². The number of nitrogens with one attached hydrogen (secondary N) is 2. The van der Waals surface area contributed by atoms with Gasteiger partial charge in [0.2, 0.25) is 17.5 Å². The first-order chi connectivity index (χ1) is 19.8. The molecular formula is C25H25B2FN4O11. The number of aliphatic hydroxyl groups is 7. The molecule has 15 nitrogen and oxygen atoms in total. The SMILES string of the molecule is [B]C1([B])OC(O)(O)C(O)(O)N(Cc2ccc(CNc3cccc4c3CN(C3(O)CCC(=O)NC3=O)C4=O)c(F)c2)C1(O)O. The number of benzene rings is 2. The van der Waals surface area contributed by atoms with E-state index in [1.165, 1.54) is 18.2 Å². The number of fused-ring (bicyclic) bond motifs is 1. The second-order valence-electron chi connectivity index (χ2n) is 10.6. The lowest BCUT2D eigenvalue weighted by Crippen LogP contribution is -2.84. The van der Waals surface area contributed by atoms with E-state index in [0.29, 0.717) is 11.3 Å². The average Bonchev–Trinajstić information content (AvgIpc) is 3.25. The molecule has 0 saturated carbocycles. The van der Waals surface area contributed by atoms with Crippen LogP contribution < -0.4 is 10.6 Å². The predicted molar refractivity (Wildman–Crippen MR) is 140 cm³/mol. The molecule has 2 saturated heterocycles. The summed E-state index contributed by atoms with van der Waals surface area (Å²) in [5.41, 5.74) is -1.28. The van der Waals surface area contributed by atoms with E-state index in [2.05, 4.69) is 10.1 Å². The smallest absolute Gasteiger partial charge is 0.351 e. The van der Waals surface area contributed by atoms with Crippen molar-refractivity contribution in [1.29, 1.82) is 0 Å². The number of rotatable bonds is 6. The number of piperidine rings is 1. The molecule has 4 radical (unpaired) electrons. The van der Waals surface area contributed by atoms with Crippen LogP contribution in [0.15, 0.2) is 36.4 Å². The molecule has 18 heteroatoms. The summed E-state index contributed by atoms with van der Waals surface area (Å²) in [5.74, 6) is -14.4. The highest BCUT2D eigenvalue weighted by atomic mass is 19.1. The molecule has 0 spiro atoms. The van der Waals surface area contributed by atoms with Crippen LogP contribution in [0.2, 0.25) is 0 Å².